The normalized spacial score (nSPS) is 21.1. The molecule has 2 rings (SSSR count). The molecule has 20 heavy (non-hydrogen) atoms. The maximum atomic E-state index is 12.8. The van der Waals surface area contributed by atoms with E-state index in [9.17, 15) is 4.79 Å². The van der Waals surface area contributed by atoms with Crippen LogP contribution in [0.15, 0.2) is 18.2 Å². The van der Waals surface area contributed by atoms with Crippen LogP contribution in [-0.2, 0) is 11.2 Å². The zero-order valence-corrected chi connectivity index (χ0v) is 13.4. The van der Waals surface area contributed by atoms with Crippen molar-refractivity contribution in [2.45, 2.75) is 53.0 Å². The van der Waals surface area contributed by atoms with Crippen LogP contribution in [0, 0.1) is 13.8 Å². The minimum atomic E-state index is 0.226. The summed E-state index contributed by atoms with van der Waals surface area (Å²) in [6.07, 6.45) is 2.89. The molecule has 0 radical (unpaired) electrons. The molecule has 2 nitrogen and oxygen atoms in total. The van der Waals surface area contributed by atoms with Gasteiger partial charge in [0.15, 0.2) is 5.78 Å². The largest absolute Gasteiger partial charge is 0.315 e. The molecule has 0 spiro atoms. The van der Waals surface area contributed by atoms with Crippen LogP contribution in [0.25, 0.3) is 0 Å². The minimum absolute atomic E-state index is 0.226. The van der Waals surface area contributed by atoms with Gasteiger partial charge in [0.1, 0.15) is 6.04 Å². The lowest BCUT2D eigenvalue weighted by atomic mass is 9.94. The van der Waals surface area contributed by atoms with Crippen LogP contribution in [0.1, 0.15) is 43.4 Å². The van der Waals surface area contributed by atoms with E-state index in [-0.39, 0.29) is 6.04 Å². The third-order valence-electron chi connectivity index (χ3n) is 5.37. The SMILES string of the molecule is CC[N+]1(CC)CCCC1C(=O)Cc1c(C)cccc1C. The molecule has 1 aliphatic rings. The first-order chi connectivity index (χ1) is 9.54. The average molecular weight is 274 g/mol. The summed E-state index contributed by atoms with van der Waals surface area (Å²) >= 11 is 0. The summed E-state index contributed by atoms with van der Waals surface area (Å²) in [6, 6.07) is 6.54. The van der Waals surface area contributed by atoms with Crippen molar-refractivity contribution in [2.75, 3.05) is 19.6 Å². The van der Waals surface area contributed by atoms with Gasteiger partial charge in [-0.1, -0.05) is 18.2 Å². The van der Waals surface area contributed by atoms with Gasteiger partial charge in [0.25, 0.3) is 0 Å². The van der Waals surface area contributed by atoms with E-state index in [1.54, 1.807) is 0 Å². The van der Waals surface area contributed by atoms with Gasteiger partial charge in [0.2, 0.25) is 0 Å². The predicted octanol–water partition coefficient (Wildman–Crippen LogP) is 3.43. The van der Waals surface area contributed by atoms with E-state index in [2.05, 4.69) is 45.9 Å². The third kappa shape index (κ3) is 2.67. The Morgan fingerprint density at radius 2 is 1.80 bits per heavy atom. The molecule has 1 heterocycles. The summed E-state index contributed by atoms with van der Waals surface area (Å²) < 4.78 is 1.00. The van der Waals surface area contributed by atoms with Crippen molar-refractivity contribution in [1.82, 2.24) is 0 Å². The molecule has 1 aromatic rings. The lowest BCUT2D eigenvalue weighted by Gasteiger charge is -2.37. The number of hydrogen-bond donors (Lipinski definition) is 0. The van der Waals surface area contributed by atoms with E-state index in [0.717, 1.165) is 24.0 Å². The second-order valence-electron chi connectivity index (χ2n) is 6.25. The molecule has 2 heteroatoms. The summed E-state index contributed by atoms with van der Waals surface area (Å²) in [4.78, 5) is 12.8. The Labute approximate surface area is 123 Å². The number of benzene rings is 1. The van der Waals surface area contributed by atoms with Gasteiger partial charge in [-0.15, -0.1) is 0 Å². The Kier molecular flexibility index (Phi) is 4.64. The Morgan fingerprint density at radius 1 is 1.20 bits per heavy atom. The quantitative estimate of drug-likeness (QED) is 0.752. The van der Waals surface area contributed by atoms with Crippen molar-refractivity contribution < 1.29 is 9.28 Å². The Hall–Kier alpha value is -1.15. The van der Waals surface area contributed by atoms with Crippen molar-refractivity contribution in [2.24, 2.45) is 0 Å². The molecule has 0 saturated carbocycles. The highest BCUT2D eigenvalue weighted by Gasteiger charge is 2.43. The second-order valence-corrected chi connectivity index (χ2v) is 6.25. The fraction of sp³-hybridized carbons (Fsp3) is 0.611. The molecular formula is C18H28NO+. The van der Waals surface area contributed by atoms with E-state index in [0.29, 0.717) is 12.2 Å². The fourth-order valence-electron chi connectivity index (χ4n) is 3.90. The number of carbonyl (C=O) groups excluding carboxylic acids is 1. The maximum absolute atomic E-state index is 12.8. The van der Waals surface area contributed by atoms with Crippen molar-refractivity contribution in [1.29, 1.82) is 0 Å². The van der Waals surface area contributed by atoms with Crippen LogP contribution in [0.2, 0.25) is 0 Å². The third-order valence-corrected chi connectivity index (χ3v) is 5.37. The number of Topliss-reactive ketones (excluding diaryl/α,β-unsaturated/α-hetero) is 1. The van der Waals surface area contributed by atoms with Gasteiger partial charge < -0.3 is 4.48 Å². The highest BCUT2D eigenvalue weighted by molar-refractivity contribution is 5.86. The van der Waals surface area contributed by atoms with Crippen molar-refractivity contribution in [3.63, 3.8) is 0 Å². The van der Waals surface area contributed by atoms with Crippen LogP contribution in [0.5, 0.6) is 0 Å². The molecule has 1 fully saturated rings. The topological polar surface area (TPSA) is 17.1 Å². The van der Waals surface area contributed by atoms with Crippen molar-refractivity contribution in [3.8, 4) is 0 Å². The van der Waals surface area contributed by atoms with Crippen LogP contribution >= 0.6 is 0 Å². The molecule has 0 bridgehead atoms. The predicted molar refractivity (Wildman–Crippen MR) is 83.9 cm³/mol. The number of hydrogen-bond acceptors (Lipinski definition) is 1. The van der Waals surface area contributed by atoms with E-state index >= 15 is 0 Å². The summed E-state index contributed by atoms with van der Waals surface area (Å²) in [6.45, 7) is 12.0. The molecule has 0 aromatic heterocycles. The average Bonchev–Trinajstić information content (AvgIpc) is 2.87. The number of nitrogens with zero attached hydrogens (tertiary/aromatic N) is 1. The number of carbonyl (C=O) groups is 1. The first kappa shape index (κ1) is 15.2. The number of aryl methyl sites for hydroxylation is 2. The minimum Gasteiger partial charge on any atom is -0.315 e. The van der Waals surface area contributed by atoms with Gasteiger partial charge in [0, 0.05) is 19.3 Å². The molecule has 1 saturated heterocycles. The van der Waals surface area contributed by atoms with E-state index in [1.165, 1.54) is 29.7 Å². The fourth-order valence-corrected chi connectivity index (χ4v) is 3.90. The molecule has 1 aromatic carbocycles. The molecular weight excluding hydrogens is 246 g/mol. The van der Waals surface area contributed by atoms with Gasteiger partial charge >= 0.3 is 0 Å². The molecule has 1 unspecified atom stereocenters. The van der Waals surface area contributed by atoms with E-state index < -0.39 is 0 Å². The Morgan fingerprint density at radius 3 is 2.35 bits per heavy atom. The summed E-state index contributed by atoms with van der Waals surface area (Å²) in [5.41, 5.74) is 3.75. The van der Waals surface area contributed by atoms with Gasteiger partial charge in [-0.3, -0.25) is 4.79 Å². The molecule has 0 aliphatic carbocycles. The van der Waals surface area contributed by atoms with Gasteiger partial charge in [-0.2, -0.15) is 0 Å². The second kappa shape index (κ2) is 6.09. The number of quaternary nitrogens is 1. The first-order valence-corrected chi connectivity index (χ1v) is 7.97. The zero-order chi connectivity index (χ0) is 14.8. The lowest BCUT2D eigenvalue weighted by Crippen LogP contribution is -2.54. The van der Waals surface area contributed by atoms with E-state index in [4.69, 9.17) is 0 Å². The molecule has 0 amide bonds. The van der Waals surface area contributed by atoms with Crippen molar-refractivity contribution in [3.05, 3.63) is 34.9 Å². The Balaban J connectivity index is 2.20. The number of rotatable bonds is 5. The van der Waals surface area contributed by atoms with E-state index in [1.807, 2.05) is 0 Å². The van der Waals surface area contributed by atoms with Gasteiger partial charge in [0.05, 0.1) is 19.6 Å². The van der Waals surface area contributed by atoms with Crippen LogP contribution < -0.4 is 0 Å². The number of ketones is 1. The van der Waals surface area contributed by atoms with Crippen LogP contribution in [0.3, 0.4) is 0 Å². The van der Waals surface area contributed by atoms with Crippen LogP contribution in [0.4, 0.5) is 0 Å². The Bertz CT molecular complexity index is 468. The smallest absolute Gasteiger partial charge is 0.194 e. The summed E-state index contributed by atoms with van der Waals surface area (Å²) in [5, 5.41) is 0. The molecule has 1 atom stereocenters. The molecule has 1 aliphatic heterocycles. The highest BCUT2D eigenvalue weighted by atomic mass is 16.1. The highest BCUT2D eigenvalue weighted by Crippen LogP contribution is 2.29. The monoisotopic (exact) mass is 274 g/mol. The number of likely N-dealkylation sites (N-methyl/N-ethyl adjacent to an activating group) is 1. The number of likely N-dealkylation sites (tertiary alicyclic amines) is 1. The first-order valence-electron chi connectivity index (χ1n) is 7.97. The van der Waals surface area contributed by atoms with Crippen LogP contribution in [-0.4, -0.2) is 35.9 Å². The standard InChI is InChI=1S/C18H28NO/c1-5-19(6-2)12-8-11-17(19)18(20)13-16-14(3)9-7-10-15(16)4/h7,9-10,17H,5-6,8,11-13H2,1-4H3/q+1. The van der Waals surface area contributed by atoms with Gasteiger partial charge in [-0.25, -0.2) is 0 Å². The maximum Gasteiger partial charge on any atom is 0.194 e. The zero-order valence-electron chi connectivity index (χ0n) is 13.4. The molecule has 0 N–H and O–H groups in total. The lowest BCUT2D eigenvalue weighted by molar-refractivity contribution is -0.927. The van der Waals surface area contributed by atoms with Gasteiger partial charge in [-0.05, 0) is 44.4 Å². The summed E-state index contributed by atoms with van der Waals surface area (Å²) in [5.74, 6) is 0.448. The molecule has 110 valence electrons. The van der Waals surface area contributed by atoms with Crippen molar-refractivity contribution >= 4 is 5.78 Å². The summed E-state index contributed by atoms with van der Waals surface area (Å²) in [7, 11) is 0.